The Hall–Kier alpha value is -1.90. The summed E-state index contributed by atoms with van der Waals surface area (Å²) >= 11 is 0. The quantitative estimate of drug-likeness (QED) is 0.619. The molecule has 0 spiro atoms. The molecule has 0 heterocycles. The Morgan fingerprint density at radius 1 is 0.889 bits per heavy atom. The monoisotopic (exact) mass is 401 g/mol. The molecule has 2 aromatic rings. The number of rotatable bonds is 9. The van der Waals surface area contributed by atoms with Crippen LogP contribution in [0.2, 0.25) is 0 Å². The molecule has 2 aromatic carbocycles. The van der Waals surface area contributed by atoms with E-state index in [0.717, 1.165) is 18.9 Å². The second-order valence-corrected chi connectivity index (χ2v) is 7.87. The van der Waals surface area contributed by atoms with Crippen LogP contribution in [0.5, 0.6) is 0 Å². The average Bonchev–Trinajstić information content (AvgIpc) is 2.64. The highest BCUT2D eigenvalue weighted by molar-refractivity contribution is 7.89. The van der Waals surface area contributed by atoms with E-state index in [0.29, 0.717) is 18.4 Å². The number of sulfonamides is 1. The zero-order chi connectivity index (χ0) is 19.9. The predicted molar refractivity (Wildman–Crippen MR) is 97.6 cm³/mol. The maximum atomic E-state index is 13.1. The minimum absolute atomic E-state index is 0.00536. The highest BCUT2D eigenvalue weighted by Gasteiger charge is 2.33. The highest BCUT2D eigenvalue weighted by Crippen LogP contribution is 2.37. The van der Waals surface area contributed by atoms with Crippen LogP contribution in [0.15, 0.2) is 53.4 Å². The number of halogens is 3. The van der Waals surface area contributed by atoms with Gasteiger partial charge in [-0.05, 0) is 42.2 Å². The fraction of sp³-hybridized carbons (Fsp3) is 0.368. The molecule has 0 saturated heterocycles. The SMILES string of the molecule is O=S(=O)(NCCCCCCO)c1ccc(-c2ccccc2C(F)(F)F)cc1. The summed E-state index contributed by atoms with van der Waals surface area (Å²) in [5, 5.41) is 8.69. The van der Waals surface area contributed by atoms with Crippen molar-refractivity contribution in [2.45, 2.75) is 36.8 Å². The van der Waals surface area contributed by atoms with Gasteiger partial charge in [-0.3, -0.25) is 0 Å². The lowest BCUT2D eigenvalue weighted by molar-refractivity contribution is -0.137. The Morgan fingerprint density at radius 2 is 1.52 bits per heavy atom. The van der Waals surface area contributed by atoms with E-state index < -0.39 is 21.8 Å². The molecule has 2 rings (SSSR count). The van der Waals surface area contributed by atoms with E-state index in [1.54, 1.807) is 0 Å². The van der Waals surface area contributed by atoms with Crippen molar-refractivity contribution in [3.05, 3.63) is 54.1 Å². The molecule has 2 N–H and O–H groups in total. The summed E-state index contributed by atoms with van der Waals surface area (Å²) in [5.74, 6) is 0. The van der Waals surface area contributed by atoms with Crippen molar-refractivity contribution in [3.8, 4) is 11.1 Å². The van der Waals surface area contributed by atoms with Crippen molar-refractivity contribution in [1.29, 1.82) is 0 Å². The van der Waals surface area contributed by atoms with E-state index in [4.69, 9.17) is 5.11 Å². The number of unbranched alkanes of at least 4 members (excludes halogenated alkanes) is 3. The smallest absolute Gasteiger partial charge is 0.396 e. The largest absolute Gasteiger partial charge is 0.417 e. The van der Waals surface area contributed by atoms with E-state index in [1.807, 2.05) is 0 Å². The van der Waals surface area contributed by atoms with Crippen LogP contribution in [0.4, 0.5) is 13.2 Å². The van der Waals surface area contributed by atoms with Gasteiger partial charge in [-0.25, -0.2) is 13.1 Å². The second-order valence-electron chi connectivity index (χ2n) is 6.10. The number of aliphatic hydroxyl groups excluding tert-OH is 1. The average molecular weight is 401 g/mol. The zero-order valence-electron chi connectivity index (χ0n) is 14.7. The minimum atomic E-state index is -4.49. The number of nitrogens with one attached hydrogen (secondary N) is 1. The van der Waals surface area contributed by atoms with Gasteiger partial charge >= 0.3 is 6.18 Å². The number of aliphatic hydroxyl groups is 1. The van der Waals surface area contributed by atoms with Crippen molar-refractivity contribution < 1.29 is 26.7 Å². The van der Waals surface area contributed by atoms with E-state index in [9.17, 15) is 21.6 Å². The first-order valence-electron chi connectivity index (χ1n) is 8.63. The minimum Gasteiger partial charge on any atom is -0.396 e. The van der Waals surface area contributed by atoms with Crippen molar-refractivity contribution in [2.24, 2.45) is 0 Å². The van der Waals surface area contributed by atoms with E-state index in [1.165, 1.54) is 42.5 Å². The Balaban J connectivity index is 2.09. The summed E-state index contributed by atoms with van der Waals surface area (Å²) in [6, 6.07) is 10.5. The fourth-order valence-corrected chi connectivity index (χ4v) is 3.75. The van der Waals surface area contributed by atoms with Crippen LogP contribution in [-0.2, 0) is 16.2 Å². The van der Waals surface area contributed by atoms with Gasteiger partial charge in [0.1, 0.15) is 0 Å². The lowest BCUT2D eigenvalue weighted by Crippen LogP contribution is -2.24. The van der Waals surface area contributed by atoms with Gasteiger partial charge in [0.25, 0.3) is 0 Å². The molecule has 8 heteroatoms. The lowest BCUT2D eigenvalue weighted by atomic mass is 9.99. The Kier molecular flexibility index (Phi) is 7.41. The normalized spacial score (nSPS) is 12.3. The molecule has 148 valence electrons. The maximum Gasteiger partial charge on any atom is 0.417 e. The van der Waals surface area contributed by atoms with Crippen LogP contribution in [0.1, 0.15) is 31.2 Å². The lowest BCUT2D eigenvalue weighted by Gasteiger charge is -2.13. The van der Waals surface area contributed by atoms with E-state index in [2.05, 4.69) is 4.72 Å². The molecule has 0 atom stereocenters. The zero-order valence-corrected chi connectivity index (χ0v) is 15.5. The number of alkyl halides is 3. The van der Waals surface area contributed by atoms with E-state index in [-0.39, 0.29) is 23.6 Å². The van der Waals surface area contributed by atoms with Gasteiger partial charge in [0.15, 0.2) is 0 Å². The van der Waals surface area contributed by atoms with Gasteiger partial charge < -0.3 is 5.11 Å². The van der Waals surface area contributed by atoms with Gasteiger partial charge in [-0.2, -0.15) is 13.2 Å². The molecule has 27 heavy (non-hydrogen) atoms. The van der Waals surface area contributed by atoms with Crippen LogP contribution in [0, 0.1) is 0 Å². The molecular weight excluding hydrogens is 379 g/mol. The molecule has 0 aliphatic heterocycles. The van der Waals surface area contributed by atoms with Gasteiger partial charge in [0.2, 0.25) is 10.0 Å². The molecule has 0 aliphatic rings. The van der Waals surface area contributed by atoms with E-state index >= 15 is 0 Å². The standard InChI is InChI=1S/C19H22F3NO3S/c20-19(21,22)18-8-4-3-7-17(18)15-9-11-16(12-10-15)27(25,26)23-13-5-1-2-6-14-24/h3-4,7-12,23-24H,1-2,5-6,13-14H2. The second kappa shape index (κ2) is 9.34. The fourth-order valence-electron chi connectivity index (χ4n) is 2.68. The first kappa shape index (κ1) is 21.4. The van der Waals surface area contributed by atoms with Gasteiger partial charge in [-0.15, -0.1) is 0 Å². The van der Waals surface area contributed by atoms with Crippen molar-refractivity contribution >= 4 is 10.0 Å². The third-order valence-corrected chi connectivity index (χ3v) is 5.56. The summed E-state index contributed by atoms with van der Waals surface area (Å²) in [6.45, 7) is 0.391. The van der Waals surface area contributed by atoms with Crippen LogP contribution < -0.4 is 4.72 Å². The Morgan fingerprint density at radius 3 is 2.15 bits per heavy atom. The Bertz CT molecular complexity index is 834. The summed E-state index contributed by atoms with van der Waals surface area (Å²) in [6.07, 6.45) is -1.52. The van der Waals surface area contributed by atoms with Crippen molar-refractivity contribution in [3.63, 3.8) is 0 Å². The molecule has 0 fully saturated rings. The molecule has 0 unspecified atom stereocenters. The molecule has 4 nitrogen and oxygen atoms in total. The molecule has 0 saturated carbocycles. The van der Waals surface area contributed by atoms with Crippen LogP contribution in [-0.4, -0.2) is 26.7 Å². The molecule has 0 amide bonds. The van der Waals surface area contributed by atoms with Crippen molar-refractivity contribution in [1.82, 2.24) is 4.72 Å². The van der Waals surface area contributed by atoms with Gasteiger partial charge in [0, 0.05) is 13.2 Å². The van der Waals surface area contributed by atoms with Crippen LogP contribution >= 0.6 is 0 Å². The third-order valence-electron chi connectivity index (χ3n) is 4.09. The summed E-state index contributed by atoms with van der Waals surface area (Å²) < 4.78 is 66.4. The molecule has 0 bridgehead atoms. The first-order chi connectivity index (χ1) is 12.8. The number of hydrogen-bond acceptors (Lipinski definition) is 3. The maximum absolute atomic E-state index is 13.1. The molecule has 0 aliphatic carbocycles. The molecule has 0 aromatic heterocycles. The molecule has 0 radical (unpaired) electrons. The van der Waals surface area contributed by atoms with Crippen LogP contribution in [0.25, 0.3) is 11.1 Å². The van der Waals surface area contributed by atoms with Crippen molar-refractivity contribution in [2.75, 3.05) is 13.2 Å². The summed E-state index contributed by atoms with van der Waals surface area (Å²) in [7, 11) is -3.71. The van der Waals surface area contributed by atoms with Gasteiger partial charge in [-0.1, -0.05) is 43.2 Å². The third kappa shape index (κ3) is 6.05. The summed E-state index contributed by atoms with van der Waals surface area (Å²) in [4.78, 5) is 0.00565. The predicted octanol–water partition coefficient (Wildman–Crippen LogP) is 4.20. The Labute approximate surface area is 157 Å². The summed E-state index contributed by atoms with van der Waals surface area (Å²) in [5.41, 5.74) is -0.460. The van der Waals surface area contributed by atoms with Crippen LogP contribution in [0.3, 0.4) is 0 Å². The molecular formula is C19H22F3NO3S. The number of hydrogen-bond donors (Lipinski definition) is 2. The number of benzene rings is 2. The topological polar surface area (TPSA) is 66.4 Å². The highest BCUT2D eigenvalue weighted by atomic mass is 32.2. The first-order valence-corrected chi connectivity index (χ1v) is 10.1. The van der Waals surface area contributed by atoms with Gasteiger partial charge in [0.05, 0.1) is 10.5 Å².